The first-order chi connectivity index (χ1) is 17.4. The van der Waals surface area contributed by atoms with Gasteiger partial charge in [0.1, 0.15) is 0 Å². The standard InChI is InChI=1S/C27H30N2O6S/c1-29-25(23-7-6-12-36-23)24(17-14-21(34-4)22(35-5)15-18(17)27(29)31)26(30)28-11-10-16-8-9-19(32-2)20(13-16)33-3/h6-9,12-15,24-25H,10-11H2,1-5H3,(H,28,30)/t24-,25-/m0/s1. The van der Waals surface area contributed by atoms with Gasteiger partial charge in [0.05, 0.1) is 40.4 Å². The van der Waals surface area contributed by atoms with Crippen molar-refractivity contribution in [3.63, 3.8) is 0 Å². The molecule has 0 bridgehead atoms. The monoisotopic (exact) mass is 510 g/mol. The van der Waals surface area contributed by atoms with Crippen LogP contribution in [0.15, 0.2) is 47.8 Å². The minimum absolute atomic E-state index is 0.165. The van der Waals surface area contributed by atoms with Crippen molar-refractivity contribution < 1.29 is 28.5 Å². The number of nitrogens with one attached hydrogen (secondary N) is 1. The average molecular weight is 511 g/mol. The van der Waals surface area contributed by atoms with Crippen molar-refractivity contribution in [3.8, 4) is 23.0 Å². The predicted octanol–water partition coefficient (Wildman–Crippen LogP) is 4.05. The lowest BCUT2D eigenvalue weighted by Crippen LogP contribution is -2.45. The summed E-state index contributed by atoms with van der Waals surface area (Å²) in [6, 6.07) is 12.5. The highest BCUT2D eigenvalue weighted by molar-refractivity contribution is 7.10. The molecule has 1 N–H and O–H groups in total. The molecule has 4 rings (SSSR count). The number of thiophene rings is 1. The Kier molecular flexibility index (Phi) is 7.69. The largest absolute Gasteiger partial charge is 0.493 e. The zero-order valence-corrected chi connectivity index (χ0v) is 21.8. The van der Waals surface area contributed by atoms with E-state index in [9.17, 15) is 9.59 Å². The Morgan fingerprint density at radius 1 is 0.944 bits per heavy atom. The van der Waals surface area contributed by atoms with Crippen molar-refractivity contribution in [2.45, 2.75) is 18.4 Å². The van der Waals surface area contributed by atoms with Crippen molar-refractivity contribution in [2.75, 3.05) is 42.0 Å². The number of hydrogen-bond donors (Lipinski definition) is 1. The van der Waals surface area contributed by atoms with Crippen LogP contribution in [0.5, 0.6) is 23.0 Å². The van der Waals surface area contributed by atoms with E-state index < -0.39 is 12.0 Å². The van der Waals surface area contributed by atoms with Crippen molar-refractivity contribution >= 4 is 23.2 Å². The Morgan fingerprint density at radius 2 is 1.61 bits per heavy atom. The molecule has 1 aliphatic rings. The molecule has 36 heavy (non-hydrogen) atoms. The van der Waals surface area contributed by atoms with Crippen molar-refractivity contribution in [1.82, 2.24) is 10.2 Å². The summed E-state index contributed by atoms with van der Waals surface area (Å²) < 4.78 is 21.6. The number of hydrogen-bond acceptors (Lipinski definition) is 7. The second-order valence-electron chi connectivity index (χ2n) is 8.38. The van der Waals surface area contributed by atoms with Crippen molar-refractivity contribution in [1.29, 1.82) is 0 Å². The van der Waals surface area contributed by atoms with Crippen LogP contribution in [-0.4, -0.2) is 58.7 Å². The fourth-order valence-electron chi connectivity index (χ4n) is 4.62. The Hall–Kier alpha value is -3.72. The minimum atomic E-state index is -0.619. The van der Waals surface area contributed by atoms with E-state index in [0.717, 1.165) is 10.4 Å². The highest BCUT2D eigenvalue weighted by Crippen LogP contribution is 2.46. The Labute approximate surface area is 214 Å². The van der Waals surface area contributed by atoms with Crippen LogP contribution in [0.3, 0.4) is 0 Å². The third-order valence-corrected chi connectivity index (χ3v) is 7.40. The van der Waals surface area contributed by atoms with Gasteiger partial charge in [0.2, 0.25) is 5.91 Å². The van der Waals surface area contributed by atoms with Gasteiger partial charge in [0.25, 0.3) is 5.91 Å². The normalized spacial score (nSPS) is 16.8. The molecular weight excluding hydrogens is 480 g/mol. The number of amides is 2. The molecule has 2 aromatic carbocycles. The maximum Gasteiger partial charge on any atom is 0.254 e. The summed E-state index contributed by atoms with van der Waals surface area (Å²) in [5.74, 6) is 1.26. The van der Waals surface area contributed by atoms with E-state index in [4.69, 9.17) is 18.9 Å². The van der Waals surface area contributed by atoms with E-state index in [1.54, 1.807) is 38.3 Å². The molecule has 190 valence electrons. The van der Waals surface area contributed by atoms with E-state index in [1.807, 2.05) is 35.7 Å². The second-order valence-corrected chi connectivity index (χ2v) is 9.36. The van der Waals surface area contributed by atoms with Gasteiger partial charge in [0, 0.05) is 24.0 Å². The number of methoxy groups -OCH3 is 4. The van der Waals surface area contributed by atoms with Crippen LogP contribution in [-0.2, 0) is 11.2 Å². The number of likely N-dealkylation sites (N-methyl/N-ethyl adjacent to an activating group) is 1. The van der Waals surface area contributed by atoms with Crippen LogP contribution in [0.2, 0.25) is 0 Å². The summed E-state index contributed by atoms with van der Waals surface area (Å²) in [7, 11) is 7.98. The molecule has 8 nitrogen and oxygen atoms in total. The smallest absolute Gasteiger partial charge is 0.254 e. The molecule has 0 aliphatic carbocycles. The Morgan fingerprint density at radius 3 is 2.25 bits per heavy atom. The highest BCUT2D eigenvalue weighted by Gasteiger charge is 2.44. The van der Waals surface area contributed by atoms with Gasteiger partial charge in [-0.05, 0) is 53.3 Å². The summed E-state index contributed by atoms with van der Waals surface area (Å²) in [5.41, 5.74) is 2.06. The number of carbonyl (C=O) groups excluding carboxylic acids is 2. The number of benzene rings is 2. The summed E-state index contributed by atoms with van der Waals surface area (Å²) in [6.45, 7) is 0.419. The van der Waals surface area contributed by atoms with E-state index >= 15 is 0 Å². The quantitative estimate of drug-likeness (QED) is 0.468. The molecule has 0 radical (unpaired) electrons. The number of ether oxygens (including phenoxy) is 4. The number of carbonyl (C=O) groups is 2. The molecule has 0 spiro atoms. The summed E-state index contributed by atoms with van der Waals surface area (Å²) in [5, 5.41) is 5.03. The molecule has 3 aromatic rings. The fraction of sp³-hybridized carbons (Fsp3) is 0.333. The van der Waals surface area contributed by atoms with Crippen molar-refractivity contribution in [3.05, 3.63) is 69.4 Å². The first kappa shape index (κ1) is 25.4. The third-order valence-electron chi connectivity index (χ3n) is 6.45. The molecule has 2 atom stereocenters. The summed E-state index contributed by atoms with van der Waals surface area (Å²) >= 11 is 1.52. The number of rotatable bonds is 9. The van der Waals surface area contributed by atoms with Gasteiger partial charge >= 0.3 is 0 Å². The molecule has 0 unspecified atom stereocenters. The zero-order valence-electron chi connectivity index (χ0n) is 21.0. The molecule has 1 aromatic heterocycles. The molecular formula is C27H30N2O6S. The van der Waals surface area contributed by atoms with Crippen molar-refractivity contribution in [2.24, 2.45) is 0 Å². The van der Waals surface area contributed by atoms with Crippen LogP contribution in [0.1, 0.15) is 38.3 Å². The topological polar surface area (TPSA) is 86.3 Å². The van der Waals surface area contributed by atoms with E-state index in [2.05, 4.69) is 5.32 Å². The maximum absolute atomic E-state index is 13.7. The first-order valence-electron chi connectivity index (χ1n) is 11.5. The molecule has 9 heteroatoms. The van der Waals surface area contributed by atoms with E-state index in [0.29, 0.717) is 47.1 Å². The van der Waals surface area contributed by atoms with Gasteiger partial charge in [-0.15, -0.1) is 11.3 Å². The summed E-state index contributed by atoms with van der Waals surface area (Å²) in [6.07, 6.45) is 0.607. The minimum Gasteiger partial charge on any atom is -0.493 e. The average Bonchev–Trinajstić information content (AvgIpc) is 3.44. The van der Waals surface area contributed by atoms with Crippen LogP contribution >= 0.6 is 11.3 Å². The second kappa shape index (κ2) is 10.9. The van der Waals surface area contributed by atoms with Crippen LogP contribution in [0.25, 0.3) is 0 Å². The highest BCUT2D eigenvalue weighted by atomic mass is 32.1. The van der Waals surface area contributed by atoms with Gasteiger partial charge < -0.3 is 29.2 Å². The molecule has 2 amide bonds. The van der Waals surface area contributed by atoms with E-state index in [-0.39, 0.29) is 11.8 Å². The Balaban J connectivity index is 1.64. The Bertz CT molecular complexity index is 1240. The fourth-order valence-corrected chi connectivity index (χ4v) is 5.53. The predicted molar refractivity (Wildman–Crippen MR) is 138 cm³/mol. The van der Waals surface area contributed by atoms with Gasteiger partial charge in [-0.1, -0.05) is 12.1 Å². The lowest BCUT2D eigenvalue weighted by Gasteiger charge is -2.39. The lowest BCUT2D eigenvalue weighted by molar-refractivity contribution is -0.124. The van der Waals surface area contributed by atoms with Gasteiger partial charge in [-0.25, -0.2) is 0 Å². The molecule has 2 heterocycles. The van der Waals surface area contributed by atoms with Gasteiger partial charge in [0.15, 0.2) is 23.0 Å². The molecule has 0 saturated carbocycles. The third kappa shape index (κ3) is 4.70. The van der Waals surface area contributed by atoms with E-state index in [1.165, 1.54) is 25.6 Å². The first-order valence-corrected chi connectivity index (χ1v) is 12.4. The van der Waals surface area contributed by atoms with Crippen LogP contribution in [0.4, 0.5) is 0 Å². The molecule has 0 fully saturated rings. The maximum atomic E-state index is 13.7. The SMILES string of the molecule is COc1ccc(CCNC(=O)[C@H]2c3cc(OC)c(OC)cc3C(=O)N(C)[C@H]2c2cccs2)cc1OC. The molecule has 1 aliphatic heterocycles. The van der Waals surface area contributed by atoms with Crippen LogP contribution in [0, 0.1) is 0 Å². The number of fused-ring (bicyclic) bond motifs is 1. The van der Waals surface area contributed by atoms with Gasteiger partial charge in [-0.2, -0.15) is 0 Å². The summed E-state index contributed by atoms with van der Waals surface area (Å²) in [4.78, 5) is 29.6. The number of nitrogens with zero attached hydrogens (tertiary/aromatic N) is 1. The van der Waals surface area contributed by atoms with Crippen LogP contribution < -0.4 is 24.3 Å². The lowest BCUT2D eigenvalue weighted by atomic mass is 9.81. The zero-order chi connectivity index (χ0) is 25.8. The molecule has 0 saturated heterocycles. The van der Waals surface area contributed by atoms with Gasteiger partial charge in [-0.3, -0.25) is 9.59 Å².